The average molecular weight is 411 g/mol. The van der Waals surface area contributed by atoms with E-state index in [9.17, 15) is 13.2 Å². The predicted molar refractivity (Wildman–Crippen MR) is 106 cm³/mol. The first kappa shape index (κ1) is 20.9. The van der Waals surface area contributed by atoms with E-state index in [2.05, 4.69) is 11.6 Å². The number of likely N-dealkylation sites (tertiary alicyclic amines) is 1. The molecule has 0 radical (unpaired) electrons. The Morgan fingerprint density at radius 2 is 1.96 bits per heavy atom. The molecular formula is C20H30N2O5S. The number of benzene rings is 1. The summed E-state index contributed by atoms with van der Waals surface area (Å²) in [5, 5.41) is 0. The van der Waals surface area contributed by atoms with E-state index in [1.165, 1.54) is 18.6 Å². The molecule has 0 bridgehead atoms. The maximum atomic E-state index is 12.4. The smallest absolute Gasteiger partial charge is 0.240 e. The van der Waals surface area contributed by atoms with Gasteiger partial charge in [0.05, 0.1) is 4.90 Å². The van der Waals surface area contributed by atoms with Gasteiger partial charge in [0.1, 0.15) is 13.2 Å². The number of carbonyl (C=O) groups is 1. The fraction of sp³-hybridized carbons (Fsp3) is 0.650. The maximum absolute atomic E-state index is 12.4. The van der Waals surface area contributed by atoms with Crippen molar-refractivity contribution in [2.75, 3.05) is 32.8 Å². The monoisotopic (exact) mass is 410 g/mol. The zero-order chi connectivity index (χ0) is 20.0. The van der Waals surface area contributed by atoms with Gasteiger partial charge in [0.25, 0.3) is 0 Å². The highest BCUT2D eigenvalue weighted by atomic mass is 32.2. The topological polar surface area (TPSA) is 84.9 Å². The van der Waals surface area contributed by atoms with Gasteiger partial charge in [0.2, 0.25) is 15.9 Å². The molecule has 0 aromatic heterocycles. The molecule has 1 fully saturated rings. The number of nitrogens with zero attached hydrogens (tertiary/aromatic N) is 1. The number of carbonyl (C=O) groups excluding carboxylic acids is 1. The van der Waals surface area contributed by atoms with Crippen LogP contribution in [0.3, 0.4) is 0 Å². The van der Waals surface area contributed by atoms with Crippen molar-refractivity contribution in [1.29, 1.82) is 0 Å². The fourth-order valence-electron chi connectivity index (χ4n) is 3.63. The molecule has 0 saturated carbocycles. The first-order valence-electron chi connectivity index (χ1n) is 10.1. The minimum Gasteiger partial charge on any atom is -0.486 e. The molecule has 1 N–H and O–H groups in total. The third-order valence-corrected chi connectivity index (χ3v) is 6.65. The third-order valence-electron chi connectivity index (χ3n) is 5.19. The number of hydrogen-bond acceptors (Lipinski definition) is 5. The molecule has 1 aromatic rings. The van der Waals surface area contributed by atoms with Crippen molar-refractivity contribution < 1.29 is 22.7 Å². The van der Waals surface area contributed by atoms with E-state index >= 15 is 0 Å². The number of nitrogens with one attached hydrogen (secondary N) is 1. The van der Waals surface area contributed by atoms with Gasteiger partial charge in [0, 0.05) is 32.1 Å². The summed E-state index contributed by atoms with van der Waals surface area (Å²) < 4.78 is 38.3. The number of piperidine rings is 1. The predicted octanol–water partition coefficient (Wildman–Crippen LogP) is 2.56. The van der Waals surface area contributed by atoms with Crippen LogP contribution in [-0.4, -0.2) is 52.1 Å². The van der Waals surface area contributed by atoms with Crippen LogP contribution in [0.4, 0.5) is 0 Å². The first-order chi connectivity index (χ1) is 13.5. The number of sulfonamides is 1. The molecule has 28 heavy (non-hydrogen) atoms. The molecule has 0 spiro atoms. The van der Waals surface area contributed by atoms with Crippen LogP contribution in [0.2, 0.25) is 0 Å². The summed E-state index contributed by atoms with van der Waals surface area (Å²) in [6.07, 6.45) is 5.14. The Balaban J connectivity index is 1.37. The average Bonchev–Trinajstić information content (AvgIpc) is 2.70. The van der Waals surface area contributed by atoms with Gasteiger partial charge >= 0.3 is 0 Å². The SMILES string of the molecule is CC1CCCN(C(=O)CCCCCNS(=O)(=O)c2ccc3c(c2)OCCO3)C1. The van der Waals surface area contributed by atoms with Gasteiger partial charge in [-0.3, -0.25) is 4.79 Å². The van der Waals surface area contributed by atoms with E-state index < -0.39 is 10.0 Å². The second-order valence-corrected chi connectivity index (χ2v) is 9.37. The number of hydrogen-bond donors (Lipinski definition) is 1. The molecule has 1 saturated heterocycles. The van der Waals surface area contributed by atoms with Crippen molar-refractivity contribution in [1.82, 2.24) is 9.62 Å². The molecule has 1 unspecified atom stereocenters. The maximum Gasteiger partial charge on any atom is 0.240 e. The van der Waals surface area contributed by atoms with E-state index in [0.29, 0.717) is 50.0 Å². The highest BCUT2D eigenvalue weighted by molar-refractivity contribution is 7.89. The molecule has 7 nitrogen and oxygen atoms in total. The zero-order valence-corrected chi connectivity index (χ0v) is 17.3. The minimum absolute atomic E-state index is 0.172. The van der Waals surface area contributed by atoms with Gasteiger partial charge in [-0.25, -0.2) is 13.1 Å². The van der Waals surface area contributed by atoms with Gasteiger partial charge in [-0.2, -0.15) is 0 Å². The summed E-state index contributed by atoms with van der Waals surface area (Å²) in [6, 6.07) is 4.64. The third kappa shape index (κ3) is 5.61. The van der Waals surface area contributed by atoms with Crippen LogP contribution < -0.4 is 14.2 Å². The van der Waals surface area contributed by atoms with Crippen LogP contribution in [0.5, 0.6) is 11.5 Å². The molecule has 2 aliphatic rings. The van der Waals surface area contributed by atoms with E-state index in [1.807, 2.05) is 4.90 Å². The van der Waals surface area contributed by atoms with Crippen molar-refractivity contribution in [3.05, 3.63) is 18.2 Å². The van der Waals surface area contributed by atoms with Crippen molar-refractivity contribution >= 4 is 15.9 Å². The molecule has 1 aromatic carbocycles. The Hall–Kier alpha value is -1.80. The standard InChI is InChI=1S/C20H30N2O5S/c1-16-6-5-11-22(15-16)20(23)7-3-2-4-10-21-28(24,25)17-8-9-18-19(14-17)27-13-12-26-18/h8-9,14,16,21H,2-7,10-13,15H2,1H3. The first-order valence-corrected chi connectivity index (χ1v) is 11.6. The van der Waals surface area contributed by atoms with Crippen LogP contribution in [0.15, 0.2) is 23.1 Å². The molecular weight excluding hydrogens is 380 g/mol. The lowest BCUT2D eigenvalue weighted by molar-refractivity contribution is -0.133. The van der Waals surface area contributed by atoms with Crippen molar-refractivity contribution in [3.63, 3.8) is 0 Å². The summed E-state index contributed by atoms with van der Waals surface area (Å²) in [4.78, 5) is 14.4. The van der Waals surface area contributed by atoms with Crippen LogP contribution in [0.1, 0.15) is 45.4 Å². The lowest BCUT2D eigenvalue weighted by atomic mass is 10.00. The normalized spacial score (nSPS) is 19.5. The van der Waals surface area contributed by atoms with Gasteiger partial charge < -0.3 is 14.4 Å². The molecule has 1 atom stereocenters. The summed E-state index contributed by atoms with van der Waals surface area (Å²) in [5.41, 5.74) is 0. The lowest BCUT2D eigenvalue weighted by Gasteiger charge is -2.31. The Morgan fingerprint density at radius 3 is 2.75 bits per heavy atom. The number of unbranched alkanes of at least 4 members (excludes halogenated alkanes) is 2. The molecule has 3 rings (SSSR count). The van der Waals surface area contributed by atoms with Crippen molar-refractivity contribution in [2.45, 2.75) is 50.3 Å². The van der Waals surface area contributed by atoms with Crippen molar-refractivity contribution in [3.8, 4) is 11.5 Å². The van der Waals surface area contributed by atoms with E-state index in [0.717, 1.165) is 32.4 Å². The Kier molecular flexibility index (Phi) is 7.18. The molecule has 2 aliphatic heterocycles. The van der Waals surface area contributed by atoms with Gasteiger partial charge in [0.15, 0.2) is 11.5 Å². The summed E-state index contributed by atoms with van der Waals surface area (Å²) in [6.45, 7) is 5.17. The number of amides is 1. The Morgan fingerprint density at radius 1 is 1.18 bits per heavy atom. The number of ether oxygens (including phenoxy) is 2. The molecule has 156 valence electrons. The van der Waals surface area contributed by atoms with Gasteiger partial charge in [-0.1, -0.05) is 13.3 Å². The minimum atomic E-state index is -3.58. The van der Waals surface area contributed by atoms with Crippen LogP contribution in [0, 0.1) is 5.92 Å². The van der Waals surface area contributed by atoms with Gasteiger partial charge in [-0.15, -0.1) is 0 Å². The Bertz CT molecular complexity index is 781. The highest BCUT2D eigenvalue weighted by Crippen LogP contribution is 2.32. The quantitative estimate of drug-likeness (QED) is 0.666. The molecule has 8 heteroatoms. The van der Waals surface area contributed by atoms with Crippen LogP contribution in [-0.2, 0) is 14.8 Å². The Labute approximate surface area is 167 Å². The van der Waals surface area contributed by atoms with E-state index in [4.69, 9.17) is 9.47 Å². The van der Waals surface area contributed by atoms with Crippen LogP contribution >= 0.6 is 0 Å². The van der Waals surface area contributed by atoms with Crippen LogP contribution in [0.25, 0.3) is 0 Å². The summed E-state index contributed by atoms with van der Waals surface area (Å²) in [7, 11) is -3.58. The molecule has 2 heterocycles. The lowest BCUT2D eigenvalue weighted by Crippen LogP contribution is -2.38. The zero-order valence-electron chi connectivity index (χ0n) is 16.5. The largest absolute Gasteiger partial charge is 0.486 e. The second kappa shape index (κ2) is 9.60. The highest BCUT2D eigenvalue weighted by Gasteiger charge is 2.21. The number of rotatable bonds is 8. The molecule has 1 amide bonds. The van der Waals surface area contributed by atoms with E-state index in [-0.39, 0.29) is 10.8 Å². The number of fused-ring (bicyclic) bond motifs is 1. The summed E-state index contributed by atoms with van der Waals surface area (Å²) in [5.74, 6) is 1.84. The van der Waals surface area contributed by atoms with Crippen molar-refractivity contribution in [2.24, 2.45) is 5.92 Å². The fourth-order valence-corrected chi connectivity index (χ4v) is 4.72. The summed E-state index contributed by atoms with van der Waals surface area (Å²) >= 11 is 0. The van der Waals surface area contributed by atoms with E-state index in [1.54, 1.807) is 6.07 Å². The second-order valence-electron chi connectivity index (χ2n) is 7.60. The van der Waals surface area contributed by atoms with Gasteiger partial charge in [-0.05, 0) is 43.7 Å². The molecule has 0 aliphatic carbocycles.